The van der Waals surface area contributed by atoms with Crippen LogP contribution in [0, 0.1) is 0 Å². The first-order chi connectivity index (χ1) is 8.79. The van der Waals surface area contributed by atoms with E-state index < -0.39 is 0 Å². The number of hydrogen-bond acceptors (Lipinski definition) is 2. The summed E-state index contributed by atoms with van der Waals surface area (Å²) in [5, 5.41) is 4.52. The first-order valence-electron chi connectivity index (χ1n) is 6.79. The summed E-state index contributed by atoms with van der Waals surface area (Å²) in [6, 6.07) is 11.1. The molecule has 1 aliphatic rings. The quantitative estimate of drug-likeness (QED) is 0.861. The Hall–Kier alpha value is -0.730. The number of thioether (sulfide) groups is 1. The SMILES string of the molecule is C=C(CNC1CCCC(SC)C1)c1ccccc1. The second-order valence-electron chi connectivity index (χ2n) is 5.07. The molecule has 0 radical (unpaired) electrons. The summed E-state index contributed by atoms with van der Waals surface area (Å²) in [4.78, 5) is 0. The minimum absolute atomic E-state index is 0.677. The van der Waals surface area contributed by atoms with E-state index >= 15 is 0 Å². The molecule has 1 nitrogen and oxygen atoms in total. The van der Waals surface area contributed by atoms with Crippen LogP contribution in [0.4, 0.5) is 0 Å². The number of benzene rings is 1. The average Bonchev–Trinajstić information content (AvgIpc) is 2.46. The van der Waals surface area contributed by atoms with Crippen molar-refractivity contribution in [2.75, 3.05) is 12.8 Å². The Labute approximate surface area is 115 Å². The predicted octanol–water partition coefficient (Wildman–Crippen LogP) is 3.96. The molecule has 1 N–H and O–H groups in total. The van der Waals surface area contributed by atoms with E-state index in [1.165, 1.54) is 36.8 Å². The van der Waals surface area contributed by atoms with Crippen molar-refractivity contribution in [3.05, 3.63) is 42.5 Å². The Balaban J connectivity index is 1.79. The molecule has 2 rings (SSSR count). The van der Waals surface area contributed by atoms with Crippen molar-refractivity contribution in [2.45, 2.75) is 37.0 Å². The lowest BCUT2D eigenvalue weighted by Crippen LogP contribution is -2.35. The smallest absolute Gasteiger partial charge is 0.0208 e. The van der Waals surface area contributed by atoms with Crippen LogP contribution in [-0.2, 0) is 0 Å². The fourth-order valence-corrected chi connectivity index (χ4v) is 3.42. The largest absolute Gasteiger partial charge is 0.310 e. The summed E-state index contributed by atoms with van der Waals surface area (Å²) in [6.07, 6.45) is 7.61. The van der Waals surface area contributed by atoms with E-state index in [-0.39, 0.29) is 0 Å². The van der Waals surface area contributed by atoms with Gasteiger partial charge in [-0.25, -0.2) is 0 Å². The van der Waals surface area contributed by atoms with Crippen LogP contribution in [0.3, 0.4) is 0 Å². The van der Waals surface area contributed by atoms with Crippen molar-refractivity contribution < 1.29 is 0 Å². The summed E-state index contributed by atoms with van der Waals surface area (Å²) in [5.74, 6) is 0. The molecule has 18 heavy (non-hydrogen) atoms. The molecule has 0 bridgehead atoms. The van der Waals surface area contributed by atoms with Crippen LogP contribution in [0.5, 0.6) is 0 Å². The third kappa shape index (κ3) is 3.89. The summed E-state index contributed by atoms with van der Waals surface area (Å²) in [5.41, 5.74) is 2.45. The standard InChI is InChI=1S/C16H23NS/c1-13(14-7-4-3-5-8-14)12-17-15-9-6-10-16(11-15)18-2/h3-5,7-8,15-17H,1,6,9-12H2,2H3. The van der Waals surface area contributed by atoms with Crippen LogP contribution < -0.4 is 5.32 Å². The van der Waals surface area contributed by atoms with E-state index in [9.17, 15) is 0 Å². The van der Waals surface area contributed by atoms with Crippen molar-refractivity contribution in [3.63, 3.8) is 0 Å². The Kier molecular flexibility index (Phi) is 5.33. The first kappa shape index (κ1) is 13.7. The van der Waals surface area contributed by atoms with E-state index in [4.69, 9.17) is 0 Å². The van der Waals surface area contributed by atoms with Gasteiger partial charge in [0.1, 0.15) is 0 Å². The molecule has 1 aromatic carbocycles. The van der Waals surface area contributed by atoms with Gasteiger partial charge in [-0.1, -0.05) is 43.3 Å². The molecule has 0 spiro atoms. The minimum atomic E-state index is 0.677. The number of hydrogen-bond donors (Lipinski definition) is 1. The minimum Gasteiger partial charge on any atom is -0.310 e. The van der Waals surface area contributed by atoms with Crippen LogP contribution in [-0.4, -0.2) is 24.1 Å². The number of nitrogens with one attached hydrogen (secondary N) is 1. The van der Waals surface area contributed by atoms with Gasteiger partial charge in [0.25, 0.3) is 0 Å². The Morgan fingerprint density at radius 1 is 1.33 bits per heavy atom. The molecule has 2 heteroatoms. The third-order valence-electron chi connectivity index (χ3n) is 3.75. The first-order valence-corrected chi connectivity index (χ1v) is 8.07. The summed E-state index contributed by atoms with van der Waals surface area (Å²) in [7, 11) is 0. The van der Waals surface area contributed by atoms with Crippen molar-refractivity contribution in [2.24, 2.45) is 0 Å². The van der Waals surface area contributed by atoms with E-state index in [1.54, 1.807) is 0 Å². The van der Waals surface area contributed by atoms with Crippen molar-refractivity contribution in [3.8, 4) is 0 Å². The zero-order valence-corrected chi connectivity index (χ0v) is 12.0. The van der Waals surface area contributed by atoms with Gasteiger partial charge in [0.15, 0.2) is 0 Å². The molecule has 0 saturated heterocycles. The summed E-state index contributed by atoms with van der Waals surface area (Å²) in [6.45, 7) is 5.09. The molecular weight excluding hydrogens is 238 g/mol. The highest BCUT2D eigenvalue weighted by Gasteiger charge is 2.20. The van der Waals surface area contributed by atoms with Gasteiger partial charge in [-0.3, -0.25) is 0 Å². The topological polar surface area (TPSA) is 12.0 Å². The van der Waals surface area contributed by atoms with Gasteiger partial charge in [0, 0.05) is 17.8 Å². The molecule has 0 aliphatic heterocycles. The summed E-state index contributed by atoms with van der Waals surface area (Å²) < 4.78 is 0. The molecule has 2 atom stereocenters. The van der Waals surface area contributed by atoms with Crippen molar-refractivity contribution in [1.29, 1.82) is 0 Å². The van der Waals surface area contributed by atoms with Gasteiger partial charge in [-0.2, -0.15) is 11.8 Å². The summed E-state index contributed by atoms with van der Waals surface area (Å²) >= 11 is 2.02. The second-order valence-corrected chi connectivity index (χ2v) is 6.21. The second kappa shape index (κ2) is 7.01. The monoisotopic (exact) mass is 261 g/mol. The number of rotatable bonds is 5. The highest BCUT2D eigenvalue weighted by Crippen LogP contribution is 2.27. The van der Waals surface area contributed by atoms with Crippen molar-refractivity contribution in [1.82, 2.24) is 5.32 Å². The molecule has 2 unspecified atom stereocenters. The Morgan fingerprint density at radius 3 is 2.83 bits per heavy atom. The lowest BCUT2D eigenvalue weighted by Gasteiger charge is -2.29. The molecular formula is C16H23NS. The zero-order valence-electron chi connectivity index (χ0n) is 11.2. The maximum Gasteiger partial charge on any atom is 0.0208 e. The fraction of sp³-hybridized carbons (Fsp3) is 0.500. The highest BCUT2D eigenvalue weighted by molar-refractivity contribution is 7.99. The van der Waals surface area contributed by atoms with Crippen LogP contribution in [0.25, 0.3) is 5.57 Å². The maximum atomic E-state index is 4.18. The van der Waals surface area contributed by atoms with E-state index in [0.717, 1.165) is 11.8 Å². The molecule has 0 amide bonds. The Bertz CT molecular complexity index is 374. The van der Waals surface area contributed by atoms with Gasteiger partial charge in [-0.15, -0.1) is 0 Å². The maximum absolute atomic E-state index is 4.18. The molecule has 0 aromatic heterocycles. The average molecular weight is 261 g/mol. The lowest BCUT2D eigenvalue weighted by molar-refractivity contribution is 0.394. The van der Waals surface area contributed by atoms with Crippen LogP contribution in [0.15, 0.2) is 36.9 Å². The molecule has 98 valence electrons. The lowest BCUT2D eigenvalue weighted by atomic mass is 9.94. The molecule has 1 aliphatic carbocycles. The van der Waals surface area contributed by atoms with E-state index in [2.05, 4.69) is 48.5 Å². The Morgan fingerprint density at radius 2 is 2.11 bits per heavy atom. The molecule has 1 fully saturated rings. The van der Waals surface area contributed by atoms with Crippen LogP contribution >= 0.6 is 11.8 Å². The van der Waals surface area contributed by atoms with E-state index in [1.807, 2.05) is 11.8 Å². The zero-order chi connectivity index (χ0) is 12.8. The third-order valence-corrected chi connectivity index (χ3v) is 4.84. The van der Waals surface area contributed by atoms with Gasteiger partial charge >= 0.3 is 0 Å². The van der Waals surface area contributed by atoms with Gasteiger partial charge in [0.2, 0.25) is 0 Å². The molecule has 1 saturated carbocycles. The van der Waals surface area contributed by atoms with Gasteiger partial charge < -0.3 is 5.32 Å². The van der Waals surface area contributed by atoms with Crippen molar-refractivity contribution >= 4 is 17.3 Å². The van der Waals surface area contributed by atoms with Gasteiger partial charge in [0.05, 0.1) is 0 Å². The van der Waals surface area contributed by atoms with Crippen LogP contribution in [0.1, 0.15) is 31.2 Å². The van der Waals surface area contributed by atoms with Gasteiger partial charge in [-0.05, 0) is 36.7 Å². The molecule has 0 heterocycles. The normalized spacial score (nSPS) is 23.8. The fourth-order valence-electron chi connectivity index (χ4n) is 2.59. The van der Waals surface area contributed by atoms with Crippen LogP contribution in [0.2, 0.25) is 0 Å². The predicted molar refractivity (Wildman–Crippen MR) is 83.0 cm³/mol. The van der Waals surface area contributed by atoms with E-state index in [0.29, 0.717) is 6.04 Å². The molecule has 1 aromatic rings. The highest BCUT2D eigenvalue weighted by atomic mass is 32.2.